The van der Waals surface area contributed by atoms with Gasteiger partial charge < -0.3 is 9.84 Å². The number of esters is 1. The first-order valence-electron chi connectivity index (χ1n) is 8.40. The predicted molar refractivity (Wildman–Crippen MR) is 101 cm³/mol. The van der Waals surface area contributed by atoms with Crippen LogP contribution in [0.5, 0.6) is 5.75 Å². The molecule has 3 heterocycles. The number of nitrogens with zero attached hydrogens (tertiary/aromatic N) is 4. The number of carbonyl (C=O) groups is 1. The van der Waals surface area contributed by atoms with Gasteiger partial charge in [0.15, 0.2) is 11.5 Å². The van der Waals surface area contributed by atoms with Crippen LogP contribution in [-0.4, -0.2) is 37.5 Å². The Hall–Kier alpha value is -3.26. The van der Waals surface area contributed by atoms with Crippen LogP contribution in [0.4, 0.5) is 0 Å². The van der Waals surface area contributed by atoms with Gasteiger partial charge in [-0.25, -0.2) is 4.79 Å². The smallest absolute Gasteiger partial charge is 0.348 e. The van der Waals surface area contributed by atoms with E-state index in [1.807, 2.05) is 30.3 Å². The van der Waals surface area contributed by atoms with E-state index in [1.54, 1.807) is 29.6 Å². The van der Waals surface area contributed by atoms with E-state index in [-0.39, 0.29) is 11.7 Å². The summed E-state index contributed by atoms with van der Waals surface area (Å²) in [5.41, 5.74) is 2.37. The minimum Gasteiger partial charge on any atom is -0.508 e. The van der Waals surface area contributed by atoms with E-state index >= 15 is 0 Å². The molecule has 0 fully saturated rings. The Kier molecular flexibility index (Phi) is 4.55. The number of fused-ring (bicyclic) bond motifs is 1. The van der Waals surface area contributed by atoms with Crippen LogP contribution in [0.15, 0.2) is 48.5 Å². The summed E-state index contributed by atoms with van der Waals surface area (Å²) < 4.78 is 6.74. The monoisotopic (exact) mass is 380 g/mol. The quantitative estimate of drug-likeness (QED) is 0.534. The first kappa shape index (κ1) is 17.2. The highest BCUT2D eigenvalue weighted by atomic mass is 32.1. The molecule has 4 rings (SSSR count). The predicted octanol–water partition coefficient (Wildman–Crippen LogP) is 3.33. The van der Waals surface area contributed by atoms with Crippen LogP contribution in [0.1, 0.15) is 28.0 Å². The highest BCUT2D eigenvalue weighted by molar-refractivity contribution is 7.17. The van der Waals surface area contributed by atoms with Crippen LogP contribution in [0.3, 0.4) is 0 Å². The molecule has 0 amide bonds. The second kappa shape index (κ2) is 7.16. The second-order valence-corrected chi connectivity index (χ2v) is 6.92. The molecule has 1 aromatic carbocycles. The van der Waals surface area contributed by atoms with Gasteiger partial charge in [0.1, 0.15) is 16.3 Å². The Morgan fingerprint density at radius 2 is 1.93 bits per heavy atom. The first-order chi connectivity index (χ1) is 13.1. The summed E-state index contributed by atoms with van der Waals surface area (Å²) in [6.07, 6.45) is 0.538. The van der Waals surface area contributed by atoms with Gasteiger partial charge >= 0.3 is 5.97 Å². The number of thiophene rings is 1. The molecule has 0 aliphatic heterocycles. The average Bonchev–Trinajstić information content (AvgIpc) is 3.31. The molecule has 0 radical (unpaired) electrons. The Morgan fingerprint density at radius 1 is 1.11 bits per heavy atom. The topological polar surface area (TPSA) is 89.6 Å². The Morgan fingerprint density at radius 3 is 2.70 bits per heavy atom. The van der Waals surface area contributed by atoms with E-state index < -0.39 is 0 Å². The zero-order valence-corrected chi connectivity index (χ0v) is 15.3. The maximum atomic E-state index is 11.9. The zero-order valence-electron chi connectivity index (χ0n) is 14.5. The third-order valence-electron chi connectivity index (χ3n) is 3.96. The largest absolute Gasteiger partial charge is 0.508 e. The number of aromatic hydroxyl groups is 1. The lowest BCUT2D eigenvalue weighted by Gasteiger charge is -2.02. The third-order valence-corrected chi connectivity index (χ3v) is 5.05. The second-order valence-electron chi connectivity index (χ2n) is 5.83. The molecule has 0 atom stereocenters. The Labute approximate surface area is 158 Å². The Bertz CT molecular complexity index is 1100. The molecule has 0 bridgehead atoms. The molecule has 0 saturated carbocycles. The lowest BCUT2D eigenvalue weighted by Crippen LogP contribution is -2.01. The fraction of sp³-hybridized carbons (Fsp3) is 0.158. The molecule has 27 heavy (non-hydrogen) atoms. The number of aromatic nitrogens is 4. The van der Waals surface area contributed by atoms with E-state index in [1.165, 1.54) is 11.3 Å². The minimum absolute atomic E-state index is 0.223. The molecule has 8 heteroatoms. The van der Waals surface area contributed by atoms with Crippen LogP contribution < -0.4 is 0 Å². The molecule has 7 nitrogen and oxygen atoms in total. The lowest BCUT2D eigenvalue weighted by molar-refractivity contribution is 0.0532. The summed E-state index contributed by atoms with van der Waals surface area (Å²) in [5.74, 6) is 0.590. The van der Waals surface area contributed by atoms with Crippen LogP contribution >= 0.6 is 11.3 Å². The molecule has 1 N–H and O–H groups in total. The molecule has 0 aliphatic rings. The highest BCUT2D eigenvalue weighted by Gasteiger charge is 2.14. The van der Waals surface area contributed by atoms with Crippen molar-refractivity contribution in [2.45, 2.75) is 13.3 Å². The summed E-state index contributed by atoms with van der Waals surface area (Å²) in [4.78, 5) is 13.3. The van der Waals surface area contributed by atoms with E-state index in [0.717, 1.165) is 16.1 Å². The molecule has 3 aromatic heterocycles. The molecule has 0 aliphatic carbocycles. The number of ether oxygens (including phenoxy) is 1. The average molecular weight is 380 g/mol. The molecule has 136 valence electrons. The summed E-state index contributed by atoms with van der Waals surface area (Å²) in [6.45, 7) is 2.13. The number of carbonyl (C=O) groups excluding carboxylic acids is 1. The SMILES string of the molecule is CCOC(=O)c1ccc(-c2ccc3nnc(Cc4ccc(O)cc4)n3n2)s1. The molecular formula is C19H16N4O3S. The van der Waals surface area contributed by atoms with Crippen molar-refractivity contribution in [3.8, 4) is 16.3 Å². The first-order valence-corrected chi connectivity index (χ1v) is 9.22. The van der Waals surface area contributed by atoms with Gasteiger partial charge in [0, 0.05) is 6.42 Å². The lowest BCUT2D eigenvalue weighted by atomic mass is 10.1. The van der Waals surface area contributed by atoms with Crippen molar-refractivity contribution < 1.29 is 14.6 Å². The summed E-state index contributed by atoms with van der Waals surface area (Å²) in [5, 5.41) is 22.4. The van der Waals surface area contributed by atoms with E-state index in [2.05, 4.69) is 15.3 Å². The molecule has 0 spiro atoms. The fourth-order valence-corrected chi connectivity index (χ4v) is 3.52. The van der Waals surface area contributed by atoms with Crippen molar-refractivity contribution in [1.82, 2.24) is 19.8 Å². The summed E-state index contributed by atoms with van der Waals surface area (Å²) in [6, 6.07) is 14.3. The maximum Gasteiger partial charge on any atom is 0.348 e. The van der Waals surface area contributed by atoms with E-state index in [4.69, 9.17) is 4.74 Å². The number of phenolic OH excluding ortho intramolecular Hbond substituents is 1. The number of phenols is 1. The van der Waals surface area contributed by atoms with Crippen molar-refractivity contribution >= 4 is 23.0 Å². The molecule has 0 saturated heterocycles. The number of rotatable bonds is 5. The van der Waals surface area contributed by atoms with E-state index in [9.17, 15) is 9.90 Å². The zero-order chi connectivity index (χ0) is 18.8. The van der Waals surface area contributed by atoms with Crippen molar-refractivity contribution in [3.63, 3.8) is 0 Å². The Balaban J connectivity index is 1.65. The highest BCUT2D eigenvalue weighted by Crippen LogP contribution is 2.27. The van der Waals surface area contributed by atoms with Crippen LogP contribution in [0.25, 0.3) is 16.2 Å². The van der Waals surface area contributed by atoms with Gasteiger partial charge in [0.2, 0.25) is 0 Å². The maximum absolute atomic E-state index is 11.9. The van der Waals surface area contributed by atoms with Gasteiger partial charge in [0.25, 0.3) is 0 Å². The van der Waals surface area contributed by atoms with Gasteiger partial charge in [-0.1, -0.05) is 12.1 Å². The van der Waals surface area contributed by atoms with Crippen molar-refractivity contribution in [1.29, 1.82) is 0 Å². The number of hydrogen-bond donors (Lipinski definition) is 1. The van der Waals surface area contributed by atoms with Gasteiger partial charge in [0.05, 0.1) is 11.5 Å². The number of benzene rings is 1. The molecule has 4 aromatic rings. The van der Waals surface area contributed by atoms with Gasteiger partial charge in [-0.3, -0.25) is 0 Å². The third kappa shape index (κ3) is 3.52. The summed E-state index contributed by atoms with van der Waals surface area (Å²) >= 11 is 1.34. The van der Waals surface area contributed by atoms with Crippen LogP contribution in [-0.2, 0) is 11.2 Å². The van der Waals surface area contributed by atoms with Crippen molar-refractivity contribution in [2.75, 3.05) is 6.61 Å². The van der Waals surface area contributed by atoms with Gasteiger partial charge in [-0.15, -0.1) is 21.5 Å². The van der Waals surface area contributed by atoms with Gasteiger partial charge in [-0.05, 0) is 48.9 Å². The van der Waals surface area contributed by atoms with Crippen molar-refractivity contribution in [2.24, 2.45) is 0 Å². The van der Waals surface area contributed by atoms with Crippen LogP contribution in [0, 0.1) is 0 Å². The standard InChI is InChI=1S/C19H16N4O3S/c1-2-26-19(25)16-9-8-15(27-16)14-7-10-17-20-21-18(23(17)22-14)11-12-3-5-13(24)6-4-12/h3-10,24H,2,11H2,1H3. The van der Waals surface area contributed by atoms with Gasteiger partial charge in [-0.2, -0.15) is 9.61 Å². The normalized spacial score (nSPS) is 11.0. The molecule has 0 unspecified atom stereocenters. The molecular weight excluding hydrogens is 364 g/mol. The van der Waals surface area contributed by atoms with Crippen molar-refractivity contribution in [3.05, 3.63) is 64.8 Å². The van der Waals surface area contributed by atoms with Crippen LogP contribution in [0.2, 0.25) is 0 Å². The number of hydrogen-bond acceptors (Lipinski definition) is 7. The van der Waals surface area contributed by atoms with E-state index in [0.29, 0.717) is 29.4 Å². The fourth-order valence-electron chi connectivity index (χ4n) is 2.66. The summed E-state index contributed by atoms with van der Waals surface area (Å²) in [7, 11) is 0. The minimum atomic E-state index is -0.327.